The van der Waals surface area contributed by atoms with Gasteiger partial charge in [0.25, 0.3) is 6.47 Å². The van der Waals surface area contributed by atoms with Crippen LogP contribution in [0.1, 0.15) is 40.0 Å². The zero-order valence-corrected chi connectivity index (χ0v) is 8.17. The van der Waals surface area contributed by atoms with Gasteiger partial charge in [-0.05, 0) is 30.6 Å². The first-order valence-corrected chi connectivity index (χ1v) is 4.62. The highest BCUT2D eigenvalue weighted by Gasteiger charge is 2.32. The molecule has 0 spiro atoms. The van der Waals surface area contributed by atoms with Crippen LogP contribution in [-0.4, -0.2) is 12.6 Å². The summed E-state index contributed by atoms with van der Waals surface area (Å²) in [7, 11) is 0. The van der Waals surface area contributed by atoms with Crippen molar-refractivity contribution >= 4 is 6.47 Å². The van der Waals surface area contributed by atoms with Gasteiger partial charge in [-0.1, -0.05) is 20.8 Å². The molecule has 0 aliphatic heterocycles. The van der Waals surface area contributed by atoms with Crippen molar-refractivity contribution in [2.75, 3.05) is 0 Å². The molecule has 1 aliphatic carbocycles. The minimum Gasteiger partial charge on any atom is -0.465 e. The Balaban J connectivity index is 2.51. The van der Waals surface area contributed by atoms with E-state index >= 15 is 0 Å². The second-order valence-corrected chi connectivity index (χ2v) is 4.77. The molecule has 0 aromatic rings. The van der Waals surface area contributed by atoms with Crippen LogP contribution in [0.5, 0.6) is 0 Å². The van der Waals surface area contributed by atoms with E-state index in [0.29, 0.717) is 17.8 Å². The second kappa shape index (κ2) is 3.46. The van der Waals surface area contributed by atoms with Gasteiger partial charge in [0.15, 0.2) is 0 Å². The first-order valence-electron chi connectivity index (χ1n) is 4.62. The maximum Gasteiger partial charge on any atom is 0.293 e. The van der Waals surface area contributed by atoms with Crippen molar-refractivity contribution < 1.29 is 9.53 Å². The summed E-state index contributed by atoms with van der Waals surface area (Å²) in [6.45, 7) is 7.29. The second-order valence-electron chi connectivity index (χ2n) is 4.77. The maximum absolute atomic E-state index is 10.2. The third kappa shape index (κ3) is 2.50. The molecule has 70 valence electrons. The Bertz CT molecular complexity index is 163. The molecule has 0 radical (unpaired) electrons. The fourth-order valence-electron chi connectivity index (χ4n) is 2.44. The molecular weight excluding hydrogens is 152 g/mol. The number of hydrogen-bond acceptors (Lipinski definition) is 2. The summed E-state index contributed by atoms with van der Waals surface area (Å²) in [4.78, 5) is 10.2. The lowest BCUT2D eigenvalue weighted by Crippen LogP contribution is -2.32. The van der Waals surface area contributed by atoms with Crippen molar-refractivity contribution in [3.63, 3.8) is 0 Å². The molecular formula is C10H18O2. The quantitative estimate of drug-likeness (QED) is 0.595. The minimum absolute atomic E-state index is 0.154. The van der Waals surface area contributed by atoms with Crippen LogP contribution in [-0.2, 0) is 9.53 Å². The predicted molar refractivity (Wildman–Crippen MR) is 47.7 cm³/mol. The first-order chi connectivity index (χ1) is 5.53. The Hall–Kier alpha value is -0.530. The lowest BCUT2D eigenvalue weighted by molar-refractivity contribution is -0.137. The molecule has 1 rings (SSSR count). The number of ether oxygens (including phenoxy) is 1. The van der Waals surface area contributed by atoms with E-state index < -0.39 is 0 Å². The third-order valence-corrected chi connectivity index (χ3v) is 2.59. The van der Waals surface area contributed by atoms with Gasteiger partial charge in [-0.25, -0.2) is 0 Å². The standard InChI is InChI=1S/C10H18O2/c1-8-4-9(12-7-11)6-10(2,3)5-8/h7-9H,4-6H2,1-3H3/t8-,9-/m0/s1. The van der Waals surface area contributed by atoms with Gasteiger partial charge >= 0.3 is 0 Å². The van der Waals surface area contributed by atoms with Crippen LogP contribution in [0, 0.1) is 11.3 Å². The van der Waals surface area contributed by atoms with Gasteiger partial charge in [0.2, 0.25) is 0 Å². The number of rotatable bonds is 2. The van der Waals surface area contributed by atoms with Crippen molar-refractivity contribution in [2.45, 2.75) is 46.1 Å². The summed E-state index contributed by atoms with van der Waals surface area (Å²) in [6, 6.07) is 0. The van der Waals surface area contributed by atoms with Gasteiger partial charge in [0.1, 0.15) is 6.10 Å². The lowest BCUT2D eigenvalue weighted by Gasteiger charge is -2.37. The zero-order chi connectivity index (χ0) is 9.19. The Morgan fingerprint density at radius 1 is 1.42 bits per heavy atom. The zero-order valence-electron chi connectivity index (χ0n) is 8.17. The molecule has 0 bridgehead atoms. The van der Waals surface area contributed by atoms with Crippen LogP contribution < -0.4 is 0 Å². The summed E-state index contributed by atoms with van der Waals surface area (Å²) >= 11 is 0. The highest BCUT2D eigenvalue weighted by Crippen LogP contribution is 2.39. The van der Waals surface area contributed by atoms with Crippen LogP contribution in [0.4, 0.5) is 0 Å². The molecule has 1 saturated carbocycles. The van der Waals surface area contributed by atoms with E-state index in [1.807, 2.05) is 0 Å². The van der Waals surface area contributed by atoms with Gasteiger partial charge < -0.3 is 4.74 Å². The van der Waals surface area contributed by atoms with E-state index in [2.05, 4.69) is 20.8 Å². The molecule has 2 atom stereocenters. The van der Waals surface area contributed by atoms with E-state index in [0.717, 1.165) is 12.8 Å². The average molecular weight is 170 g/mol. The largest absolute Gasteiger partial charge is 0.465 e. The predicted octanol–water partition coefficient (Wildman–Crippen LogP) is 2.37. The molecule has 0 unspecified atom stereocenters. The van der Waals surface area contributed by atoms with Crippen LogP contribution in [0.3, 0.4) is 0 Å². The van der Waals surface area contributed by atoms with E-state index in [4.69, 9.17) is 4.74 Å². The van der Waals surface area contributed by atoms with Crippen molar-refractivity contribution in [2.24, 2.45) is 11.3 Å². The van der Waals surface area contributed by atoms with E-state index in [1.54, 1.807) is 0 Å². The molecule has 2 nitrogen and oxygen atoms in total. The summed E-state index contributed by atoms with van der Waals surface area (Å²) < 4.78 is 5.01. The Kier molecular flexibility index (Phi) is 2.76. The topological polar surface area (TPSA) is 26.3 Å². The average Bonchev–Trinajstić information content (AvgIpc) is 1.82. The molecule has 0 heterocycles. The Morgan fingerprint density at radius 2 is 2.08 bits per heavy atom. The molecule has 0 aromatic heterocycles. The summed E-state index contributed by atoms with van der Waals surface area (Å²) in [5, 5.41) is 0. The van der Waals surface area contributed by atoms with Crippen molar-refractivity contribution in [1.82, 2.24) is 0 Å². The van der Waals surface area contributed by atoms with Gasteiger partial charge in [0, 0.05) is 0 Å². The Morgan fingerprint density at radius 3 is 2.58 bits per heavy atom. The molecule has 0 N–H and O–H groups in total. The third-order valence-electron chi connectivity index (χ3n) is 2.59. The fourth-order valence-corrected chi connectivity index (χ4v) is 2.44. The van der Waals surface area contributed by atoms with Crippen LogP contribution in [0.25, 0.3) is 0 Å². The summed E-state index contributed by atoms with van der Waals surface area (Å²) in [5.41, 5.74) is 0.339. The number of carbonyl (C=O) groups is 1. The van der Waals surface area contributed by atoms with Gasteiger partial charge in [-0.3, -0.25) is 4.79 Å². The molecule has 1 fully saturated rings. The van der Waals surface area contributed by atoms with Crippen LogP contribution in [0.2, 0.25) is 0 Å². The highest BCUT2D eigenvalue weighted by atomic mass is 16.5. The monoisotopic (exact) mass is 170 g/mol. The molecule has 0 aromatic carbocycles. The Labute approximate surface area is 74.3 Å². The van der Waals surface area contributed by atoms with Crippen molar-refractivity contribution in [3.05, 3.63) is 0 Å². The van der Waals surface area contributed by atoms with E-state index in [-0.39, 0.29) is 6.10 Å². The van der Waals surface area contributed by atoms with E-state index in [9.17, 15) is 4.79 Å². The smallest absolute Gasteiger partial charge is 0.293 e. The molecule has 0 saturated heterocycles. The molecule has 2 heteroatoms. The number of carbonyl (C=O) groups excluding carboxylic acids is 1. The number of hydrogen-bond donors (Lipinski definition) is 0. The maximum atomic E-state index is 10.2. The SMILES string of the molecule is C[C@H]1C[C@H](OC=O)CC(C)(C)C1. The normalized spacial score (nSPS) is 34.2. The minimum atomic E-state index is 0.154. The highest BCUT2D eigenvalue weighted by molar-refractivity contribution is 5.37. The van der Waals surface area contributed by atoms with Crippen LogP contribution in [0.15, 0.2) is 0 Å². The van der Waals surface area contributed by atoms with Gasteiger partial charge in [-0.15, -0.1) is 0 Å². The van der Waals surface area contributed by atoms with Crippen molar-refractivity contribution in [3.8, 4) is 0 Å². The van der Waals surface area contributed by atoms with Crippen molar-refractivity contribution in [1.29, 1.82) is 0 Å². The fraction of sp³-hybridized carbons (Fsp3) is 0.900. The van der Waals surface area contributed by atoms with E-state index in [1.165, 1.54) is 6.42 Å². The summed E-state index contributed by atoms with van der Waals surface area (Å²) in [6.07, 6.45) is 3.44. The molecule has 1 aliphatic rings. The first kappa shape index (κ1) is 9.56. The van der Waals surface area contributed by atoms with Gasteiger partial charge in [0.05, 0.1) is 0 Å². The van der Waals surface area contributed by atoms with Gasteiger partial charge in [-0.2, -0.15) is 0 Å². The molecule has 0 amide bonds. The summed E-state index contributed by atoms with van der Waals surface area (Å²) in [5.74, 6) is 0.679. The lowest BCUT2D eigenvalue weighted by atomic mass is 9.71. The molecule has 12 heavy (non-hydrogen) atoms. The van der Waals surface area contributed by atoms with Crippen LogP contribution >= 0.6 is 0 Å².